The van der Waals surface area contributed by atoms with E-state index >= 15 is 0 Å². The fourth-order valence-electron chi connectivity index (χ4n) is 1.48. The van der Waals surface area contributed by atoms with E-state index in [1.807, 2.05) is 12.2 Å². The number of allylic oxidation sites excluding steroid dienone is 3. The van der Waals surface area contributed by atoms with Crippen LogP contribution in [0.5, 0.6) is 0 Å². The minimum absolute atomic E-state index is 0.0452. The van der Waals surface area contributed by atoms with Gasteiger partial charge >= 0.3 is 0 Å². The largest absolute Gasteiger partial charge is 0.374 e. The summed E-state index contributed by atoms with van der Waals surface area (Å²) in [6.45, 7) is 3.10. The average molecular weight is 211 g/mol. The van der Waals surface area contributed by atoms with Crippen LogP contribution in [0.3, 0.4) is 0 Å². The van der Waals surface area contributed by atoms with Crippen molar-refractivity contribution in [2.45, 2.75) is 39.1 Å². The molecule has 0 bridgehead atoms. The summed E-state index contributed by atoms with van der Waals surface area (Å²) in [4.78, 5) is 12.8. The Morgan fingerprint density at radius 1 is 1.27 bits per heavy atom. The second kappa shape index (κ2) is 5.09. The van der Waals surface area contributed by atoms with Crippen LogP contribution in [0.25, 0.3) is 0 Å². The molecule has 0 radical (unpaired) electrons. The number of aliphatic hydroxyl groups is 2. The molecular formula is C11H17NO3. The molecule has 15 heavy (non-hydrogen) atoms. The minimum Gasteiger partial charge on any atom is -0.374 e. The van der Waals surface area contributed by atoms with Crippen LogP contribution >= 0.6 is 0 Å². The van der Waals surface area contributed by atoms with E-state index < -0.39 is 12.5 Å². The van der Waals surface area contributed by atoms with Crippen LogP contribution in [0.2, 0.25) is 0 Å². The smallest absolute Gasteiger partial charge is 0.164 e. The summed E-state index contributed by atoms with van der Waals surface area (Å²) in [5.74, 6) is 0.0452. The molecule has 4 heteroatoms. The fraction of sp³-hybridized carbons (Fsp3) is 0.545. The van der Waals surface area contributed by atoms with Crippen LogP contribution in [0.1, 0.15) is 26.7 Å². The van der Waals surface area contributed by atoms with Crippen molar-refractivity contribution < 1.29 is 15.0 Å². The van der Waals surface area contributed by atoms with Gasteiger partial charge in [0.2, 0.25) is 0 Å². The number of hydrogen-bond donors (Lipinski definition) is 2. The van der Waals surface area contributed by atoms with Crippen LogP contribution < -0.4 is 0 Å². The summed E-state index contributed by atoms with van der Waals surface area (Å²) in [5.41, 5.74) is 0.624. The Bertz CT molecular complexity index is 284. The zero-order valence-corrected chi connectivity index (χ0v) is 9.05. The number of ketones is 1. The number of carbonyl (C=O) groups excluding carboxylic acids is 1. The topological polar surface area (TPSA) is 60.8 Å². The van der Waals surface area contributed by atoms with Crippen LogP contribution in [0, 0.1) is 0 Å². The lowest BCUT2D eigenvalue weighted by Gasteiger charge is -2.28. The average Bonchev–Trinajstić information content (AvgIpc) is 2.15. The maximum Gasteiger partial charge on any atom is 0.164 e. The third-order valence-corrected chi connectivity index (χ3v) is 2.33. The maximum atomic E-state index is 11.5. The first-order valence-corrected chi connectivity index (χ1v) is 5.05. The standard InChI is InChI=1S/C11H17NO3/c1-8(13)12(9(2)14)7-10-5-3-4-6-11(10)15/h3-4,7-9,13-14H,5-6H2,1-2H3. The third kappa shape index (κ3) is 3.18. The van der Waals surface area contributed by atoms with Gasteiger partial charge in [0.1, 0.15) is 12.5 Å². The Hall–Kier alpha value is -1.13. The van der Waals surface area contributed by atoms with Crippen molar-refractivity contribution >= 4 is 5.78 Å². The second-order valence-corrected chi connectivity index (χ2v) is 3.67. The number of nitrogens with zero attached hydrogens (tertiary/aromatic N) is 1. The normalized spacial score (nSPS) is 22.9. The Kier molecular flexibility index (Phi) is 4.05. The Labute approximate surface area is 89.5 Å². The molecule has 0 aromatic carbocycles. The summed E-state index contributed by atoms with van der Waals surface area (Å²) in [6.07, 6.45) is 4.63. The molecular weight excluding hydrogens is 194 g/mol. The monoisotopic (exact) mass is 211 g/mol. The predicted molar refractivity (Wildman–Crippen MR) is 56.7 cm³/mol. The highest BCUT2D eigenvalue weighted by atomic mass is 16.3. The van der Waals surface area contributed by atoms with Crippen molar-refractivity contribution in [3.05, 3.63) is 23.9 Å². The number of hydrogen-bond acceptors (Lipinski definition) is 4. The highest BCUT2D eigenvalue weighted by Crippen LogP contribution is 2.16. The van der Waals surface area contributed by atoms with Gasteiger partial charge in [-0.25, -0.2) is 0 Å². The number of rotatable bonds is 3. The molecule has 2 unspecified atom stereocenters. The molecule has 2 N–H and O–H groups in total. The molecule has 2 atom stereocenters. The molecule has 1 aliphatic rings. The molecule has 0 fully saturated rings. The summed E-state index contributed by atoms with van der Waals surface area (Å²) >= 11 is 0. The van der Waals surface area contributed by atoms with Crippen LogP contribution in [0.4, 0.5) is 0 Å². The Balaban J connectivity index is 2.82. The van der Waals surface area contributed by atoms with Gasteiger partial charge in [0.05, 0.1) is 0 Å². The van der Waals surface area contributed by atoms with Crippen LogP contribution in [-0.4, -0.2) is 33.4 Å². The number of carbonyl (C=O) groups is 1. The molecule has 0 heterocycles. The molecule has 0 saturated heterocycles. The predicted octanol–water partition coefficient (Wildman–Crippen LogP) is 0.768. The lowest BCUT2D eigenvalue weighted by Crippen LogP contribution is -2.36. The zero-order valence-electron chi connectivity index (χ0n) is 9.05. The number of Topliss-reactive ketones (excluding diaryl/α,β-unsaturated/α-hetero) is 1. The van der Waals surface area contributed by atoms with E-state index in [0.717, 1.165) is 0 Å². The third-order valence-electron chi connectivity index (χ3n) is 2.33. The van der Waals surface area contributed by atoms with Gasteiger partial charge in [0.15, 0.2) is 5.78 Å². The lowest BCUT2D eigenvalue weighted by atomic mass is 10.0. The molecule has 1 aliphatic carbocycles. The number of aliphatic hydroxyl groups excluding tert-OH is 2. The molecule has 0 aliphatic heterocycles. The highest BCUT2D eigenvalue weighted by Gasteiger charge is 2.17. The first-order chi connectivity index (χ1) is 7.02. The van der Waals surface area contributed by atoms with E-state index in [1.165, 1.54) is 4.90 Å². The summed E-state index contributed by atoms with van der Waals surface area (Å²) < 4.78 is 0. The summed E-state index contributed by atoms with van der Waals surface area (Å²) in [6, 6.07) is 0. The molecule has 0 amide bonds. The van der Waals surface area contributed by atoms with Gasteiger partial charge in [0, 0.05) is 18.2 Å². The van der Waals surface area contributed by atoms with E-state index in [4.69, 9.17) is 0 Å². The Morgan fingerprint density at radius 2 is 1.80 bits per heavy atom. The molecule has 0 spiro atoms. The van der Waals surface area contributed by atoms with Crippen molar-refractivity contribution in [2.75, 3.05) is 0 Å². The molecule has 0 saturated carbocycles. The van der Waals surface area contributed by atoms with E-state index in [2.05, 4.69) is 0 Å². The summed E-state index contributed by atoms with van der Waals surface area (Å²) in [7, 11) is 0. The second-order valence-electron chi connectivity index (χ2n) is 3.67. The quantitative estimate of drug-likeness (QED) is 0.411. The maximum absolute atomic E-state index is 11.5. The minimum atomic E-state index is -0.809. The van der Waals surface area contributed by atoms with Crippen molar-refractivity contribution in [2.24, 2.45) is 0 Å². The molecule has 84 valence electrons. The molecule has 1 rings (SSSR count). The van der Waals surface area contributed by atoms with E-state index in [9.17, 15) is 15.0 Å². The van der Waals surface area contributed by atoms with Gasteiger partial charge in [-0.1, -0.05) is 12.2 Å². The Morgan fingerprint density at radius 3 is 2.27 bits per heavy atom. The van der Waals surface area contributed by atoms with Gasteiger partial charge in [0.25, 0.3) is 0 Å². The van der Waals surface area contributed by atoms with Gasteiger partial charge in [-0.15, -0.1) is 0 Å². The van der Waals surface area contributed by atoms with E-state index in [1.54, 1.807) is 20.0 Å². The van der Waals surface area contributed by atoms with Gasteiger partial charge < -0.3 is 15.1 Å². The molecule has 0 aromatic rings. The van der Waals surface area contributed by atoms with Crippen LogP contribution in [0.15, 0.2) is 23.9 Å². The van der Waals surface area contributed by atoms with Crippen molar-refractivity contribution in [1.82, 2.24) is 4.90 Å². The van der Waals surface area contributed by atoms with Gasteiger partial charge in [-0.05, 0) is 20.3 Å². The van der Waals surface area contributed by atoms with Crippen LogP contribution in [-0.2, 0) is 4.79 Å². The lowest BCUT2D eigenvalue weighted by molar-refractivity contribution is -0.115. The van der Waals surface area contributed by atoms with Crippen molar-refractivity contribution in [3.63, 3.8) is 0 Å². The fourth-order valence-corrected chi connectivity index (χ4v) is 1.48. The first kappa shape index (κ1) is 11.9. The van der Waals surface area contributed by atoms with Gasteiger partial charge in [-0.3, -0.25) is 4.79 Å². The van der Waals surface area contributed by atoms with Gasteiger partial charge in [-0.2, -0.15) is 0 Å². The highest BCUT2D eigenvalue weighted by molar-refractivity contribution is 5.97. The van der Waals surface area contributed by atoms with E-state index in [-0.39, 0.29) is 5.78 Å². The summed E-state index contributed by atoms with van der Waals surface area (Å²) in [5, 5.41) is 18.8. The first-order valence-electron chi connectivity index (χ1n) is 5.05. The molecule has 4 nitrogen and oxygen atoms in total. The molecule has 0 aromatic heterocycles. The van der Waals surface area contributed by atoms with Crippen molar-refractivity contribution in [1.29, 1.82) is 0 Å². The van der Waals surface area contributed by atoms with Crippen molar-refractivity contribution in [3.8, 4) is 0 Å². The SMILES string of the molecule is CC(O)N(C=C1CC=CCC1=O)C(C)O. The zero-order chi connectivity index (χ0) is 11.4. The van der Waals surface area contributed by atoms with E-state index in [0.29, 0.717) is 18.4 Å².